The molecule has 5 nitrogen and oxygen atoms in total. The lowest BCUT2D eigenvalue weighted by Gasteiger charge is -2.30. The summed E-state index contributed by atoms with van der Waals surface area (Å²) in [6.07, 6.45) is 0.951. The molecule has 0 spiro atoms. The van der Waals surface area contributed by atoms with Crippen LogP contribution >= 0.6 is 11.6 Å². The Morgan fingerprint density at radius 3 is 2.72 bits per heavy atom. The second-order valence-electron chi connectivity index (χ2n) is 6.94. The molecule has 0 saturated carbocycles. The van der Waals surface area contributed by atoms with Gasteiger partial charge in [-0.15, -0.1) is 0 Å². The summed E-state index contributed by atoms with van der Waals surface area (Å²) in [7, 11) is 0. The molecule has 1 aromatic heterocycles. The summed E-state index contributed by atoms with van der Waals surface area (Å²) >= 11 is 6.11. The van der Waals surface area contributed by atoms with Gasteiger partial charge in [-0.25, -0.2) is 9.97 Å². The summed E-state index contributed by atoms with van der Waals surface area (Å²) in [6, 6.07) is 8.02. The van der Waals surface area contributed by atoms with Gasteiger partial charge in [0.15, 0.2) is 0 Å². The Labute approximate surface area is 154 Å². The number of hydrogen-bond donors (Lipinski definition) is 2. The number of aliphatic hydroxyl groups is 1. The zero-order chi connectivity index (χ0) is 18.0. The maximum Gasteiger partial charge on any atom is 0.135 e. The number of aromatic nitrogens is 2. The van der Waals surface area contributed by atoms with E-state index in [2.05, 4.69) is 41.2 Å². The summed E-state index contributed by atoms with van der Waals surface area (Å²) in [4.78, 5) is 11.6. The van der Waals surface area contributed by atoms with Crippen molar-refractivity contribution >= 4 is 23.2 Å². The van der Waals surface area contributed by atoms with Crippen LogP contribution in [0.3, 0.4) is 0 Å². The van der Waals surface area contributed by atoms with E-state index < -0.39 is 0 Å². The van der Waals surface area contributed by atoms with Gasteiger partial charge < -0.3 is 15.3 Å². The molecule has 0 fully saturated rings. The predicted molar refractivity (Wildman–Crippen MR) is 102 cm³/mol. The van der Waals surface area contributed by atoms with Gasteiger partial charge in [0.05, 0.1) is 6.61 Å². The van der Waals surface area contributed by atoms with Crippen molar-refractivity contribution in [2.75, 3.05) is 23.4 Å². The third-order valence-electron chi connectivity index (χ3n) is 4.42. The first kappa shape index (κ1) is 18.0. The third-order valence-corrected chi connectivity index (χ3v) is 4.65. The van der Waals surface area contributed by atoms with E-state index in [-0.39, 0.29) is 18.6 Å². The van der Waals surface area contributed by atoms with Crippen molar-refractivity contribution in [3.05, 3.63) is 46.2 Å². The molecule has 0 aliphatic carbocycles. The second-order valence-corrected chi connectivity index (χ2v) is 7.37. The minimum atomic E-state index is -0.0491. The number of benzene rings is 1. The molecule has 0 saturated heterocycles. The van der Waals surface area contributed by atoms with Crippen LogP contribution in [0.1, 0.15) is 43.6 Å². The quantitative estimate of drug-likeness (QED) is 0.852. The highest BCUT2D eigenvalue weighted by atomic mass is 35.5. The highest BCUT2D eigenvalue weighted by Crippen LogP contribution is 2.27. The van der Waals surface area contributed by atoms with Gasteiger partial charge in [0.1, 0.15) is 17.5 Å². The van der Waals surface area contributed by atoms with E-state index in [1.807, 2.05) is 19.1 Å². The number of nitrogens with one attached hydrogen (secondary N) is 1. The monoisotopic (exact) mass is 360 g/mol. The van der Waals surface area contributed by atoms with Gasteiger partial charge in [0.2, 0.25) is 0 Å². The zero-order valence-corrected chi connectivity index (χ0v) is 15.7. The molecular formula is C19H25ClN4O. The molecule has 0 unspecified atom stereocenters. The highest BCUT2D eigenvalue weighted by molar-refractivity contribution is 6.30. The second kappa shape index (κ2) is 7.58. The van der Waals surface area contributed by atoms with E-state index in [9.17, 15) is 5.11 Å². The minimum absolute atomic E-state index is 0.0491. The molecule has 1 aromatic carbocycles. The summed E-state index contributed by atoms with van der Waals surface area (Å²) < 4.78 is 0. The van der Waals surface area contributed by atoms with Crippen molar-refractivity contribution in [2.24, 2.45) is 0 Å². The largest absolute Gasteiger partial charge is 0.394 e. The third kappa shape index (κ3) is 4.22. The van der Waals surface area contributed by atoms with Gasteiger partial charge in [-0.1, -0.05) is 31.5 Å². The Balaban J connectivity index is 1.89. The normalized spacial score (nSPS) is 15.2. The van der Waals surface area contributed by atoms with Crippen molar-refractivity contribution in [1.82, 2.24) is 9.97 Å². The van der Waals surface area contributed by atoms with Gasteiger partial charge in [-0.2, -0.15) is 0 Å². The van der Waals surface area contributed by atoms with Crippen molar-refractivity contribution in [2.45, 2.75) is 45.7 Å². The fourth-order valence-corrected chi connectivity index (χ4v) is 3.16. The van der Waals surface area contributed by atoms with Gasteiger partial charge in [0, 0.05) is 36.1 Å². The summed E-state index contributed by atoms with van der Waals surface area (Å²) in [5, 5.41) is 13.3. The number of halogens is 1. The van der Waals surface area contributed by atoms with Crippen LogP contribution in [0, 0.1) is 0 Å². The van der Waals surface area contributed by atoms with Crippen molar-refractivity contribution in [3.8, 4) is 0 Å². The zero-order valence-electron chi connectivity index (χ0n) is 15.0. The molecule has 6 heteroatoms. The molecule has 0 amide bonds. The van der Waals surface area contributed by atoms with Crippen LogP contribution in [-0.4, -0.2) is 34.3 Å². The molecule has 25 heavy (non-hydrogen) atoms. The summed E-state index contributed by atoms with van der Waals surface area (Å²) in [5.74, 6) is 2.73. The van der Waals surface area contributed by atoms with Crippen LogP contribution < -0.4 is 10.2 Å². The molecular weight excluding hydrogens is 336 g/mol. The summed E-state index contributed by atoms with van der Waals surface area (Å²) in [6.45, 7) is 7.89. The molecule has 2 heterocycles. The minimum Gasteiger partial charge on any atom is -0.394 e. The Morgan fingerprint density at radius 1 is 1.20 bits per heavy atom. The van der Waals surface area contributed by atoms with Gasteiger partial charge >= 0.3 is 0 Å². The van der Waals surface area contributed by atoms with Crippen molar-refractivity contribution in [1.29, 1.82) is 0 Å². The maximum absolute atomic E-state index is 9.30. The first-order valence-corrected chi connectivity index (χ1v) is 9.12. The van der Waals surface area contributed by atoms with E-state index in [0.717, 1.165) is 42.0 Å². The van der Waals surface area contributed by atoms with Crippen LogP contribution in [0.2, 0.25) is 5.02 Å². The summed E-state index contributed by atoms with van der Waals surface area (Å²) in [5.41, 5.74) is 2.60. The number of aliphatic hydroxyl groups excluding tert-OH is 1. The molecule has 0 bridgehead atoms. The van der Waals surface area contributed by atoms with Crippen LogP contribution in [0.15, 0.2) is 24.3 Å². The number of hydrogen-bond acceptors (Lipinski definition) is 5. The Hall–Kier alpha value is -1.85. The van der Waals surface area contributed by atoms with Gasteiger partial charge in [-0.05, 0) is 36.6 Å². The Bertz CT molecular complexity index is 750. The van der Waals surface area contributed by atoms with Gasteiger partial charge in [0.25, 0.3) is 0 Å². The molecule has 1 aliphatic heterocycles. The number of fused-ring (bicyclic) bond motifs is 1. The lowest BCUT2D eigenvalue weighted by atomic mass is 10.00. The molecule has 2 aromatic rings. The van der Waals surface area contributed by atoms with Gasteiger partial charge in [-0.3, -0.25) is 0 Å². The molecule has 2 N–H and O–H groups in total. The molecule has 1 atom stereocenters. The number of rotatable bonds is 5. The van der Waals surface area contributed by atoms with Crippen molar-refractivity contribution < 1.29 is 5.11 Å². The average Bonchev–Trinajstić information content (AvgIpc) is 2.60. The Kier molecular flexibility index (Phi) is 5.45. The molecule has 134 valence electrons. The molecule has 0 radical (unpaired) electrons. The average molecular weight is 361 g/mol. The fraction of sp³-hybridized carbons (Fsp3) is 0.474. The maximum atomic E-state index is 9.30. The number of nitrogens with zero attached hydrogens (tertiary/aromatic N) is 3. The first-order valence-electron chi connectivity index (χ1n) is 8.75. The van der Waals surface area contributed by atoms with E-state index in [4.69, 9.17) is 16.6 Å². The van der Waals surface area contributed by atoms with E-state index >= 15 is 0 Å². The fourth-order valence-electron chi connectivity index (χ4n) is 2.96. The number of anilines is 2. The lowest BCUT2D eigenvalue weighted by Crippen LogP contribution is -2.31. The first-order chi connectivity index (χ1) is 12.0. The standard InChI is InChI=1S/C19H25ClN4O/c1-12(2)19-22-17(21-13(3)11-25)9-18(23-19)24-7-6-14-8-16(20)5-4-15(14)10-24/h4-5,8-9,12-13,25H,6-7,10-11H2,1-3H3,(H,21,22,23)/t13-/m0/s1. The van der Waals surface area contributed by atoms with E-state index in [0.29, 0.717) is 0 Å². The topological polar surface area (TPSA) is 61.3 Å². The molecule has 3 rings (SSSR count). The van der Waals surface area contributed by atoms with Crippen LogP contribution in [0.25, 0.3) is 0 Å². The van der Waals surface area contributed by atoms with Crippen LogP contribution in [-0.2, 0) is 13.0 Å². The predicted octanol–water partition coefficient (Wildman–Crippen LogP) is 3.61. The molecule has 1 aliphatic rings. The smallest absolute Gasteiger partial charge is 0.135 e. The SMILES string of the molecule is CC(C)c1nc(N[C@@H](C)CO)cc(N2CCc3cc(Cl)ccc3C2)n1. The van der Waals surface area contributed by atoms with Crippen LogP contribution in [0.4, 0.5) is 11.6 Å². The van der Waals surface area contributed by atoms with E-state index in [1.54, 1.807) is 0 Å². The Morgan fingerprint density at radius 2 is 2.00 bits per heavy atom. The lowest BCUT2D eigenvalue weighted by molar-refractivity contribution is 0.281. The van der Waals surface area contributed by atoms with Crippen LogP contribution in [0.5, 0.6) is 0 Å². The van der Waals surface area contributed by atoms with E-state index in [1.165, 1.54) is 11.1 Å². The highest BCUT2D eigenvalue weighted by Gasteiger charge is 2.20. The van der Waals surface area contributed by atoms with Crippen molar-refractivity contribution in [3.63, 3.8) is 0 Å².